The summed E-state index contributed by atoms with van der Waals surface area (Å²) in [5, 5.41) is 11.4. The van der Waals surface area contributed by atoms with E-state index in [1.807, 2.05) is 30.3 Å². The number of benzene rings is 1. The molecule has 6 heteroatoms. The average molecular weight is 205 g/mol. The Kier molecular flexibility index (Phi) is 3.01. The third-order valence-electron chi connectivity index (χ3n) is 1.91. The lowest BCUT2D eigenvalue weighted by Crippen LogP contribution is -2.15. The highest BCUT2D eigenvalue weighted by Crippen LogP contribution is 2.06. The van der Waals surface area contributed by atoms with E-state index >= 15 is 0 Å². The van der Waals surface area contributed by atoms with Crippen molar-refractivity contribution in [3.05, 3.63) is 36.2 Å². The second-order valence-corrected chi connectivity index (χ2v) is 2.87. The lowest BCUT2D eigenvalue weighted by molar-refractivity contribution is 0.0843. The molecular formula is C9H11N5O. The van der Waals surface area contributed by atoms with Gasteiger partial charge in [-0.1, -0.05) is 18.2 Å². The Hall–Kier alpha value is -1.79. The molecule has 0 bridgehead atoms. The van der Waals surface area contributed by atoms with Crippen molar-refractivity contribution in [2.45, 2.75) is 6.54 Å². The highest BCUT2D eigenvalue weighted by molar-refractivity contribution is 5.30. The van der Waals surface area contributed by atoms with Gasteiger partial charge in [-0.05, 0) is 22.6 Å². The molecule has 0 fully saturated rings. The molecule has 0 saturated carbocycles. The number of tetrazole rings is 1. The zero-order valence-corrected chi connectivity index (χ0v) is 8.29. The molecule has 1 N–H and O–H groups in total. The Morgan fingerprint density at radius 2 is 2.13 bits per heavy atom. The van der Waals surface area contributed by atoms with Crippen LogP contribution in [-0.4, -0.2) is 27.3 Å². The van der Waals surface area contributed by atoms with Crippen LogP contribution in [0.2, 0.25) is 0 Å². The van der Waals surface area contributed by atoms with E-state index in [2.05, 4.69) is 21.0 Å². The molecule has 78 valence electrons. The average Bonchev–Trinajstić information content (AvgIpc) is 2.75. The molecule has 6 nitrogen and oxygen atoms in total. The normalized spacial score (nSPS) is 10.5. The van der Waals surface area contributed by atoms with Gasteiger partial charge in [0.15, 0.2) is 5.82 Å². The van der Waals surface area contributed by atoms with Gasteiger partial charge in [-0.3, -0.25) is 0 Å². The maximum Gasteiger partial charge on any atom is 0.172 e. The fraction of sp³-hybridized carbons (Fsp3) is 0.222. The van der Waals surface area contributed by atoms with E-state index in [9.17, 15) is 0 Å². The number of hydrogen-bond donors (Lipinski definition) is 1. The smallest absolute Gasteiger partial charge is 0.172 e. The van der Waals surface area contributed by atoms with Crippen molar-refractivity contribution in [3.63, 3.8) is 0 Å². The Labute approximate surface area is 86.8 Å². The highest BCUT2D eigenvalue weighted by atomic mass is 16.6. The van der Waals surface area contributed by atoms with Crippen LogP contribution in [0.25, 0.3) is 5.69 Å². The molecule has 1 heterocycles. The van der Waals surface area contributed by atoms with Crippen LogP contribution in [0, 0.1) is 0 Å². The number of nitrogens with one attached hydrogen (secondary N) is 1. The third kappa shape index (κ3) is 2.17. The summed E-state index contributed by atoms with van der Waals surface area (Å²) in [4.78, 5) is 4.75. The molecular weight excluding hydrogens is 194 g/mol. The van der Waals surface area contributed by atoms with Crippen LogP contribution in [0.4, 0.5) is 0 Å². The van der Waals surface area contributed by atoms with Gasteiger partial charge < -0.3 is 4.84 Å². The lowest BCUT2D eigenvalue weighted by Gasteiger charge is -2.03. The summed E-state index contributed by atoms with van der Waals surface area (Å²) in [5.41, 5.74) is 3.62. The second-order valence-electron chi connectivity index (χ2n) is 2.87. The Morgan fingerprint density at radius 1 is 1.33 bits per heavy atom. The van der Waals surface area contributed by atoms with Gasteiger partial charge in [0.2, 0.25) is 0 Å². The molecule has 2 aromatic rings. The van der Waals surface area contributed by atoms with Gasteiger partial charge in [0.1, 0.15) is 0 Å². The number of rotatable bonds is 4. The summed E-state index contributed by atoms with van der Waals surface area (Å²) in [7, 11) is 1.55. The van der Waals surface area contributed by atoms with Gasteiger partial charge in [-0.25, -0.2) is 0 Å². The number of hydroxylamine groups is 1. The fourth-order valence-electron chi connectivity index (χ4n) is 1.22. The third-order valence-corrected chi connectivity index (χ3v) is 1.91. The van der Waals surface area contributed by atoms with Gasteiger partial charge in [-0.2, -0.15) is 10.2 Å². The first kappa shape index (κ1) is 9.75. The molecule has 0 radical (unpaired) electrons. The molecule has 0 spiro atoms. The maximum absolute atomic E-state index is 4.75. The van der Waals surface area contributed by atoms with E-state index in [4.69, 9.17) is 4.84 Å². The van der Waals surface area contributed by atoms with Crippen molar-refractivity contribution >= 4 is 0 Å². The topological polar surface area (TPSA) is 64.9 Å². The van der Waals surface area contributed by atoms with Crippen LogP contribution >= 0.6 is 0 Å². The predicted molar refractivity (Wildman–Crippen MR) is 53.0 cm³/mol. The van der Waals surface area contributed by atoms with Crippen LogP contribution in [0.3, 0.4) is 0 Å². The fourth-order valence-corrected chi connectivity index (χ4v) is 1.22. The highest BCUT2D eigenvalue weighted by Gasteiger charge is 2.06. The van der Waals surface area contributed by atoms with E-state index < -0.39 is 0 Å². The second kappa shape index (κ2) is 4.63. The number of aromatic nitrogens is 4. The van der Waals surface area contributed by atoms with Crippen LogP contribution in [0.5, 0.6) is 0 Å². The van der Waals surface area contributed by atoms with E-state index in [-0.39, 0.29) is 0 Å². The predicted octanol–water partition coefficient (Wildman–Crippen LogP) is 0.313. The number of hydrogen-bond acceptors (Lipinski definition) is 5. The monoisotopic (exact) mass is 205 g/mol. The van der Waals surface area contributed by atoms with Crippen LogP contribution in [-0.2, 0) is 11.4 Å². The maximum atomic E-state index is 4.75. The molecule has 0 unspecified atom stereocenters. The van der Waals surface area contributed by atoms with E-state index in [0.29, 0.717) is 12.4 Å². The van der Waals surface area contributed by atoms with Crippen molar-refractivity contribution in [1.82, 2.24) is 25.7 Å². The molecule has 0 aliphatic rings. The SMILES string of the molecule is CONCc1nnnn1-c1ccccc1. The van der Waals surface area contributed by atoms with Gasteiger partial charge >= 0.3 is 0 Å². The molecule has 1 aromatic heterocycles. The first-order valence-electron chi connectivity index (χ1n) is 4.50. The zero-order chi connectivity index (χ0) is 10.5. The zero-order valence-electron chi connectivity index (χ0n) is 8.29. The molecule has 0 amide bonds. The van der Waals surface area contributed by atoms with Crippen molar-refractivity contribution in [2.24, 2.45) is 0 Å². The summed E-state index contributed by atoms with van der Waals surface area (Å²) in [6.07, 6.45) is 0. The van der Waals surface area contributed by atoms with Crippen molar-refractivity contribution in [1.29, 1.82) is 0 Å². The molecule has 0 atom stereocenters. The Bertz CT molecular complexity index is 413. The molecule has 0 saturated heterocycles. The number of para-hydroxylation sites is 1. The minimum atomic E-state index is 0.457. The standard InChI is InChI=1S/C9H11N5O/c1-15-10-7-9-11-12-13-14(9)8-5-3-2-4-6-8/h2-6,10H,7H2,1H3. The molecule has 0 aliphatic carbocycles. The first-order chi connectivity index (χ1) is 7.42. The summed E-state index contributed by atoms with van der Waals surface area (Å²) < 4.78 is 1.66. The van der Waals surface area contributed by atoms with E-state index in [1.165, 1.54) is 0 Å². The van der Waals surface area contributed by atoms with Crippen LogP contribution in [0.15, 0.2) is 30.3 Å². The summed E-state index contributed by atoms with van der Waals surface area (Å²) in [6.45, 7) is 0.457. The lowest BCUT2D eigenvalue weighted by atomic mass is 10.3. The molecule has 2 rings (SSSR count). The van der Waals surface area contributed by atoms with Gasteiger partial charge in [0, 0.05) is 0 Å². The molecule has 1 aromatic carbocycles. The van der Waals surface area contributed by atoms with Gasteiger partial charge in [-0.15, -0.1) is 5.10 Å². The van der Waals surface area contributed by atoms with E-state index in [1.54, 1.807) is 11.8 Å². The molecule has 15 heavy (non-hydrogen) atoms. The van der Waals surface area contributed by atoms with Gasteiger partial charge in [0.05, 0.1) is 19.3 Å². The number of nitrogens with zero attached hydrogens (tertiary/aromatic N) is 4. The van der Waals surface area contributed by atoms with Gasteiger partial charge in [0.25, 0.3) is 0 Å². The Morgan fingerprint density at radius 3 is 2.87 bits per heavy atom. The molecule has 0 aliphatic heterocycles. The Balaban J connectivity index is 2.25. The largest absolute Gasteiger partial charge is 0.305 e. The minimum Gasteiger partial charge on any atom is -0.305 e. The summed E-state index contributed by atoms with van der Waals surface area (Å²) in [5.74, 6) is 0.697. The first-order valence-corrected chi connectivity index (χ1v) is 4.50. The van der Waals surface area contributed by atoms with Crippen molar-refractivity contribution in [2.75, 3.05) is 7.11 Å². The minimum absolute atomic E-state index is 0.457. The van der Waals surface area contributed by atoms with E-state index in [0.717, 1.165) is 5.69 Å². The van der Waals surface area contributed by atoms with Crippen LogP contribution < -0.4 is 5.48 Å². The summed E-state index contributed by atoms with van der Waals surface area (Å²) in [6, 6.07) is 9.69. The van der Waals surface area contributed by atoms with Crippen LogP contribution in [0.1, 0.15) is 5.82 Å². The van der Waals surface area contributed by atoms with Crippen molar-refractivity contribution < 1.29 is 4.84 Å². The van der Waals surface area contributed by atoms with Crippen molar-refractivity contribution in [3.8, 4) is 5.69 Å². The summed E-state index contributed by atoms with van der Waals surface area (Å²) >= 11 is 0. The quantitative estimate of drug-likeness (QED) is 0.728.